The Kier molecular flexibility index (Phi) is 4.71. The molecule has 86 valence electrons. The van der Waals surface area contributed by atoms with Gasteiger partial charge in [-0.1, -0.05) is 29.8 Å². The van der Waals surface area contributed by atoms with Gasteiger partial charge in [0.05, 0.1) is 10.7 Å². The second-order valence-corrected chi connectivity index (χ2v) is 4.18. The summed E-state index contributed by atoms with van der Waals surface area (Å²) in [5, 5.41) is 6.01. The van der Waals surface area contributed by atoms with E-state index >= 15 is 0 Å². The van der Waals surface area contributed by atoms with Crippen LogP contribution in [-0.2, 0) is 0 Å². The van der Waals surface area contributed by atoms with Crippen molar-refractivity contribution in [2.45, 2.75) is 6.92 Å². The first-order chi connectivity index (χ1) is 7.50. The number of halogens is 2. The first kappa shape index (κ1) is 12.9. The van der Waals surface area contributed by atoms with Crippen molar-refractivity contribution in [1.29, 1.82) is 0 Å². The maximum Gasteiger partial charge on any atom is 0.171 e. The molecular weight excluding hydrogens is 247 g/mol. The first-order valence-electron chi connectivity index (χ1n) is 4.64. The van der Waals surface area contributed by atoms with E-state index in [1.807, 2.05) is 6.92 Å². The Morgan fingerprint density at radius 1 is 1.56 bits per heavy atom. The van der Waals surface area contributed by atoms with Gasteiger partial charge in [0, 0.05) is 6.54 Å². The lowest BCUT2D eigenvalue weighted by molar-refractivity contribution is 0.632. The zero-order valence-corrected chi connectivity index (χ0v) is 10.4. The van der Waals surface area contributed by atoms with Crippen molar-refractivity contribution < 1.29 is 4.39 Å². The van der Waals surface area contributed by atoms with Crippen LogP contribution in [-0.4, -0.2) is 11.7 Å². The quantitative estimate of drug-likeness (QED) is 0.642. The highest BCUT2D eigenvalue weighted by Crippen LogP contribution is 2.21. The molecule has 0 atom stereocenters. The molecule has 1 rings (SSSR count). The zero-order valence-electron chi connectivity index (χ0n) is 8.81. The van der Waals surface area contributed by atoms with Crippen molar-refractivity contribution in [3.8, 4) is 0 Å². The van der Waals surface area contributed by atoms with E-state index in [9.17, 15) is 4.39 Å². The van der Waals surface area contributed by atoms with Crippen LogP contribution < -0.4 is 10.6 Å². The minimum absolute atomic E-state index is 0.0627. The third-order valence-electron chi connectivity index (χ3n) is 1.75. The summed E-state index contributed by atoms with van der Waals surface area (Å²) in [5.74, 6) is -0.511. The SMILES string of the molecule is C=C(C)CNC(=S)Nc1cccc(Cl)c1F. The summed E-state index contributed by atoms with van der Waals surface area (Å²) in [7, 11) is 0. The molecule has 0 radical (unpaired) electrons. The highest BCUT2D eigenvalue weighted by atomic mass is 35.5. The van der Waals surface area contributed by atoms with Crippen LogP contribution in [0.25, 0.3) is 0 Å². The molecule has 5 heteroatoms. The molecule has 0 aliphatic rings. The Bertz CT molecular complexity index is 420. The van der Waals surface area contributed by atoms with Gasteiger partial charge in [0.15, 0.2) is 10.9 Å². The van der Waals surface area contributed by atoms with Crippen LogP contribution in [0, 0.1) is 5.82 Å². The standard InChI is InChI=1S/C11H12ClFN2S/c1-7(2)6-14-11(16)15-9-5-3-4-8(12)10(9)13/h3-5H,1,6H2,2H3,(H2,14,15,16). The second-order valence-electron chi connectivity index (χ2n) is 3.37. The zero-order chi connectivity index (χ0) is 12.1. The van der Waals surface area contributed by atoms with Crippen LogP contribution in [0.1, 0.15) is 6.92 Å². The van der Waals surface area contributed by atoms with Gasteiger partial charge in [-0.15, -0.1) is 0 Å². The van der Waals surface area contributed by atoms with Gasteiger partial charge in [-0.25, -0.2) is 4.39 Å². The van der Waals surface area contributed by atoms with Crippen LogP contribution in [0.3, 0.4) is 0 Å². The average molecular weight is 259 g/mol. The predicted molar refractivity (Wildman–Crippen MR) is 70.4 cm³/mol. The van der Waals surface area contributed by atoms with Gasteiger partial charge >= 0.3 is 0 Å². The summed E-state index contributed by atoms with van der Waals surface area (Å²) >= 11 is 10.6. The molecule has 0 bridgehead atoms. The van der Waals surface area contributed by atoms with E-state index < -0.39 is 5.82 Å². The third-order valence-corrected chi connectivity index (χ3v) is 2.29. The number of anilines is 1. The summed E-state index contributed by atoms with van der Waals surface area (Å²) in [6.45, 7) is 6.14. The summed E-state index contributed by atoms with van der Waals surface area (Å²) in [6.07, 6.45) is 0. The van der Waals surface area contributed by atoms with Crippen molar-refractivity contribution in [3.05, 3.63) is 41.2 Å². The van der Waals surface area contributed by atoms with Crippen LogP contribution >= 0.6 is 23.8 Å². The lowest BCUT2D eigenvalue weighted by Crippen LogP contribution is -2.29. The topological polar surface area (TPSA) is 24.1 Å². The Hall–Kier alpha value is -1.13. The molecule has 2 N–H and O–H groups in total. The smallest absolute Gasteiger partial charge is 0.171 e. The minimum Gasteiger partial charge on any atom is -0.359 e. The number of benzene rings is 1. The number of nitrogens with one attached hydrogen (secondary N) is 2. The molecule has 1 aromatic carbocycles. The van der Waals surface area contributed by atoms with Gasteiger partial charge < -0.3 is 10.6 Å². The Balaban J connectivity index is 2.63. The van der Waals surface area contributed by atoms with Crippen molar-refractivity contribution in [2.24, 2.45) is 0 Å². The largest absolute Gasteiger partial charge is 0.359 e. The summed E-state index contributed by atoms with van der Waals surface area (Å²) < 4.78 is 13.5. The van der Waals surface area contributed by atoms with E-state index in [1.165, 1.54) is 6.07 Å². The molecule has 2 nitrogen and oxygen atoms in total. The second kappa shape index (κ2) is 5.82. The number of hydrogen-bond acceptors (Lipinski definition) is 1. The molecule has 0 fully saturated rings. The first-order valence-corrected chi connectivity index (χ1v) is 5.42. The average Bonchev–Trinajstić information content (AvgIpc) is 2.22. The number of rotatable bonds is 3. The van der Waals surface area contributed by atoms with Gasteiger partial charge in [-0.05, 0) is 31.3 Å². The normalized spacial score (nSPS) is 9.69. The number of hydrogen-bond donors (Lipinski definition) is 2. The highest BCUT2D eigenvalue weighted by molar-refractivity contribution is 7.80. The molecular formula is C11H12ClFN2S. The van der Waals surface area contributed by atoms with Crippen molar-refractivity contribution in [3.63, 3.8) is 0 Å². The Morgan fingerprint density at radius 2 is 2.25 bits per heavy atom. The molecule has 16 heavy (non-hydrogen) atoms. The van der Waals surface area contributed by atoms with Crippen molar-refractivity contribution in [1.82, 2.24) is 5.32 Å². The Labute approximate surface area is 104 Å². The fourth-order valence-electron chi connectivity index (χ4n) is 0.998. The van der Waals surface area contributed by atoms with Crippen molar-refractivity contribution >= 4 is 34.6 Å². The van der Waals surface area contributed by atoms with Crippen LogP contribution in [0.5, 0.6) is 0 Å². The fourth-order valence-corrected chi connectivity index (χ4v) is 1.35. The molecule has 0 unspecified atom stereocenters. The molecule has 1 aromatic rings. The molecule has 0 spiro atoms. The van der Waals surface area contributed by atoms with E-state index in [0.717, 1.165) is 5.57 Å². The van der Waals surface area contributed by atoms with E-state index in [0.29, 0.717) is 11.7 Å². The maximum atomic E-state index is 13.5. The molecule has 0 aliphatic heterocycles. The molecule has 0 heterocycles. The lowest BCUT2D eigenvalue weighted by atomic mass is 10.3. The van der Waals surface area contributed by atoms with Crippen LogP contribution in [0.2, 0.25) is 5.02 Å². The van der Waals surface area contributed by atoms with E-state index in [1.54, 1.807) is 12.1 Å². The van der Waals surface area contributed by atoms with Crippen LogP contribution in [0.4, 0.5) is 10.1 Å². The van der Waals surface area contributed by atoms with E-state index in [2.05, 4.69) is 17.2 Å². The van der Waals surface area contributed by atoms with Gasteiger partial charge in [0.1, 0.15) is 0 Å². The van der Waals surface area contributed by atoms with Gasteiger partial charge in [-0.3, -0.25) is 0 Å². The monoisotopic (exact) mass is 258 g/mol. The molecule has 0 aromatic heterocycles. The van der Waals surface area contributed by atoms with Gasteiger partial charge in [0.2, 0.25) is 0 Å². The van der Waals surface area contributed by atoms with Gasteiger partial charge in [-0.2, -0.15) is 0 Å². The molecule has 0 saturated carbocycles. The van der Waals surface area contributed by atoms with Crippen molar-refractivity contribution in [2.75, 3.05) is 11.9 Å². The molecule has 0 amide bonds. The highest BCUT2D eigenvalue weighted by Gasteiger charge is 2.06. The number of thiocarbonyl (C=S) groups is 1. The Morgan fingerprint density at radius 3 is 2.88 bits per heavy atom. The van der Waals surface area contributed by atoms with E-state index in [4.69, 9.17) is 23.8 Å². The summed E-state index contributed by atoms with van der Waals surface area (Å²) in [5.41, 5.74) is 1.20. The summed E-state index contributed by atoms with van der Waals surface area (Å²) in [4.78, 5) is 0. The van der Waals surface area contributed by atoms with Crippen LogP contribution in [0.15, 0.2) is 30.4 Å². The predicted octanol–water partition coefficient (Wildman–Crippen LogP) is 3.34. The summed E-state index contributed by atoms with van der Waals surface area (Å²) in [6, 6.07) is 4.69. The minimum atomic E-state index is -0.511. The molecule has 0 aliphatic carbocycles. The maximum absolute atomic E-state index is 13.5. The lowest BCUT2D eigenvalue weighted by Gasteiger charge is -2.11. The molecule has 0 saturated heterocycles. The fraction of sp³-hybridized carbons (Fsp3) is 0.182. The van der Waals surface area contributed by atoms with E-state index in [-0.39, 0.29) is 10.7 Å². The third kappa shape index (κ3) is 3.79. The van der Waals surface area contributed by atoms with Gasteiger partial charge in [0.25, 0.3) is 0 Å².